The number of ether oxygens (including phenoxy) is 1. The summed E-state index contributed by atoms with van der Waals surface area (Å²) in [7, 11) is 0. The molecule has 1 amide bonds. The van der Waals surface area contributed by atoms with Crippen LogP contribution in [0.2, 0.25) is 5.02 Å². The minimum Gasteiger partial charge on any atom is -0.463 e. The quantitative estimate of drug-likeness (QED) is 0.276. The lowest BCUT2D eigenvalue weighted by molar-refractivity contribution is -0.126. The van der Waals surface area contributed by atoms with Crippen LogP contribution in [-0.2, 0) is 4.79 Å². The summed E-state index contributed by atoms with van der Waals surface area (Å²) in [6, 6.07) is 7.98. The number of halogens is 2. The molecule has 45 heavy (non-hydrogen) atoms. The number of fused-ring (bicyclic) bond motifs is 2. The second-order valence-corrected chi connectivity index (χ2v) is 12.9. The van der Waals surface area contributed by atoms with Gasteiger partial charge >= 0.3 is 6.01 Å². The topological polar surface area (TPSA) is 108 Å². The number of rotatable bonds is 8. The smallest absolute Gasteiger partial charge is 0.320 e. The Balaban J connectivity index is 1.31. The van der Waals surface area contributed by atoms with Crippen molar-refractivity contribution in [3.8, 4) is 17.4 Å². The van der Waals surface area contributed by atoms with E-state index >= 15 is 4.39 Å². The Bertz CT molecular complexity index is 1870. The van der Waals surface area contributed by atoms with Gasteiger partial charge in [-0.25, -0.2) is 9.37 Å². The highest BCUT2D eigenvalue weighted by Gasteiger charge is 2.45. The van der Waals surface area contributed by atoms with E-state index in [-0.39, 0.29) is 40.4 Å². The van der Waals surface area contributed by atoms with Crippen molar-refractivity contribution in [1.29, 1.82) is 0 Å². The van der Waals surface area contributed by atoms with Crippen LogP contribution in [0.25, 0.3) is 33.2 Å². The van der Waals surface area contributed by atoms with E-state index in [9.17, 15) is 9.59 Å². The zero-order valence-corrected chi connectivity index (χ0v) is 25.9. The van der Waals surface area contributed by atoms with Crippen molar-refractivity contribution >= 4 is 45.1 Å². The molecule has 3 fully saturated rings. The Morgan fingerprint density at radius 1 is 1.18 bits per heavy atom. The maximum absolute atomic E-state index is 16.1. The Hall–Kier alpha value is -4.09. The first-order chi connectivity index (χ1) is 21.7. The predicted octanol–water partition coefficient (Wildman–Crippen LogP) is 4.80. The summed E-state index contributed by atoms with van der Waals surface area (Å²) in [4.78, 5) is 48.1. The number of nitrogens with one attached hydrogen (secondary N) is 1. The molecule has 0 spiro atoms. The fourth-order valence-electron chi connectivity index (χ4n) is 6.68. The normalized spacial score (nSPS) is 19.8. The first-order valence-electron chi connectivity index (χ1n) is 15.5. The molecule has 5 heterocycles. The van der Waals surface area contributed by atoms with Gasteiger partial charge in [0.15, 0.2) is 11.5 Å². The number of pyridine rings is 2. The predicted molar refractivity (Wildman–Crippen MR) is 172 cm³/mol. The van der Waals surface area contributed by atoms with Crippen LogP contribution >= 0.6 is 11.6 Å². The van der Waals surface area contributed by atoms with E-state index in [0.717, 1.165) is 32.5 Å². The van der Waals surface area contributed by atoms with Crippen molar-refractivity contribution in [1.82, 2.24) is 29.7 Å². The average Bonchev–Trinajstić information content (AvgIpc) is 3.60. The van der Waals surface area contributed by atoms with Crippen LogP contribution in [0.1, 0.15) is 32.6 Å². The summed E-state index contributed by atoms with van der Waals surface area (Å²) in [5, 5.41) is 1.83. The van der Waals surface area contributed by atoms with Crippen molar-refractivity contribution in [3.63, 3.8) is 0 Å². The molecule has 1 aromatic carbocycles. The molecule has 10 nitrogen and oxygen atoms in total. The van der Waals surface area contributed by atoms with E-state index in [1.165, 1.54) is 31.1 Å². The maximum atomic E-state index is 16.1. The Kier molecular flexibility index (Phi) is 7.69. The molecule has 2 aliphatic heterocycles. The van der Waals surface area contributed by atoms with Gasteiger partial charge in [0.2, 0.25) is 11.5 Å². The zero-order chi connectivity index (χ0) is 31.3. The largest absolute Gasteiger partial charge is 0.463 e. The third-order valence-corrected chi connectivity index (χ3v) is 9.59. The monoisotopic (exact) mass is 631 g/mol. The Morgan fingerprint density at radius 2 is 1.98 bits per heavy atom. The number of aromatic nitrogens is 4. The third-order valence-electron chi connectivity index (χ3n) is 9.28. The highest BCUT2D eigenvalue weighted by Crippen LogP contribution is 2.47. The maximum Gasteiger partial charge on any atom is 0.320 e. The van der Waals surface area contributed by atoms with E-state index in [1.54, 1.807) is 23.1 Å². The van der Waals surface area contributed by atoms with Gasteiger partial charge in [-0.3, -0.25) is 9.59 Å². The fourth-order valence-corrected chi connectivity index (χ4v) is 6.96. The van der Waals surface area contributed by atoms with Gasteiger partial charge in [0.1, 0.15) is 11.5 Å². The van der Waals surface area contributed by atoms with Crippen LogP contribution < -0.4 is 15.2 Å². The SMILES string of the molecule is C=CC(=O)N1CCN(c2nc(OCC3(CN4CCCC4)CC3)nc3nc(-c4[nH]c(=O)cc5cccc(Cl)c45)c(F)cc23)[C@@H](C)C1. The number of nitrogens with zero attached hydrogens (tertiary/aromatic N) is 6. The lowest BCUT2D eigenvalue weighted by Gasteiger charge is -2.40. The molecule has 0 bridgehead atoms. The van der Waals surface area contributed by atoms with Crippen LogP contribution in [0.4, 0.5) is 10.2 Å². The number of likely N-dealkylation sites (tertiary alicyclic amines) is 1. The second-order valence-electron chi connectivity index (χ2n) is 12.5. The van der Waals surface area contributed by atoms with Gasteiger partial charge in [-0.05, 0) is 69.3 Å². The lowest BCUT2D eigenvalue weighted by Crippen LogP contribution is -2.53. The molecule has 234 valence electrons. The Labute approximate surface area is 264 Å². The highest BCUT2D eigenvalue weighted by molar-refractivity contribution is 6.36. The third kappa shape index (κ3) is 5.75. The lowest BCUT2D eigenvalue weighted by atomic mass is 10.1. The number of hydrogen-bond acceptors (Lipinski definition) is 8. The molecule has 3 aliphatic rings. The molecule has 3 aromatic heterocycles. The van der Waals surface area contributed by atoms with Crippen LogP contribution in [-0.4, -0.2) is 87.6 Å². The van der Waals surface area contributed by atoms with Crippen LogP contribution in [0, 0.1) is 11.2 Å². The summed E-state index contributed by atoms with van der Waals surface area (Å²) in [5.74, 6) is -0.300. The molecule has 1 N–H and O–H groups in total. The van der Waals surface area contributed by atoms with Gasteiger partial charge in [-0.1, -0.05) is 30.3 Å². The Morgan fingerprint density at radius 3 is 2.71 bits per heavy atom. The number of aromatic amines is 1. The number of benzene rings is 1. The standard InChI is InChI=1S/C33H35ClFN7O3/c1-3-26(44)41-13-14-42(20(2)17-41)31-22-16-24(35)28(29-27-21(15-25(43)36-29)7-6-8-23(27)34)37-30(22)38-32(39-31)45-19-33(9-10-33)18-40-11-4-5-12-40/h3,6-8,15-16,20H,1,4-5,9-14,17-19H2,2H3,(H,36,43)/t20-/m0/s1. The van der Waals surface area contributed by atoms with E-state index in [0.29, 0.717) is 53.2 Å². The molecule has 1 aliphatic carbocycles. The summed E-state index contributed by atoms with van der Waals surface area (Å²) in [6.45, 7) is 10.7. The van der Waals surface area contributed by atoms with Gasteiger partial charge in [-0.2, -0.15) is 9.97 Å². The van der Waals surface area contributed by atoms with E-state index in [1.807, 2.05) is 11.8 Å². The molecular weight excluding hydrogens is 597 g/mol. The first kappa shape index (κ1) is 29.6. The minimum absolute atomic E-state index is 0.0731. The van der Waals surface area contributed by atoms with Crippen molar-refractivity contribution in [2.45, 2.75) is 38.6 Å². The molecule has 0 radical (unpaired) electrons. The van der Waals surface area contributed by atoms with Crippen LogP contribution in [0.3, 0.4) is 0 Å². The average molecular weight is 632 g/mol. The second kappa shape index (κ2) is 11.7. The molecule has 1 atom stereocenters. The minimum atomic E-state index is -0.653. The number of carbonyl (C=O) groups is 1. The number of anilines is 1. The summed E-state index contributed by atoms with van der Waals surface area (Å²) < 4.78 is 22.4. The molecule has 4 aromatic rings. The van der Waals surface area contributed by atoms with Crippen LogP contribution in [0.5, 0.6) is 6.01 Å². The fraction of sp³-hybridized carbons (Fsp3) is 0.424. The number of carbonyl (C=O) groups excluding carboxylic acids is 1. The molecule has 2 saturated heterocycles. The number of hydrogen-bond donors (Lipinski definition) is 1. The van der Waals surface area contributed by atoms with E-state index < -0.39 is 11.4 Å². The highest BCUT2D eigenvalue weighted by atomic mass is 35.5. The molecular formula is C33H35ClFN7O3. The van der Waals surface area contributed by atoms with Crippen molar-refractivity contribution < 1.29 is 13.9 Å². The first-order valence-corrected chi connectivity index (χ1v) is 15.8. The van der Waals surface area contributed by atoms with Crippen molar-refractivity contribution in [2.75, 3.05) is 50.8 Å². The summed E-state index contributed by atoms with van der Waals surface area (Å²) in [6.07, 6.45) is 5.95. The molecule has 1 saturated carbocycles. The number of amides is 1. The van der Waals surface area contributed by atoms with Crippen LogP contribution in [0.15, 0.2) is 47.8 Å². The van der Waals surface area contributed by atoms with E-state index in [4.69, 9.17) is 21.3 Å². The van der Waals surface area contributed by atoms with Gasteiger partial charge in [0, 0.05) is 49.1 Å². The summed E-state index contributed by atoms with van der Waals surface area (Å²) in [5.41, 5.74) is 0.0148. The van der Waals surface area contributed by atoms with Crippen molar-refractivity contribution in [2.24, 2.45) is 5.41 Å². The van der Waals surface area contributed by atoms with Gasteiger partial charge in [0.05, 0.1) is 22.7 Å². The molecule has 0 unspecified atom stereocenters. The number of H-pyrrole nitrogens is 1. The van der Waals surface area contributed by atoms with Gasteiger partial charge in [-0.15, -0.1) is 0 Å². The molecule has 7 rings (SSSR count). The van der Waals surface area contributed by atoms with Crippen molar-refractivity contribution in [3.05, 3.63) is 64.2 Å². The van der Waals surface area contributed by atoms with E-state index in [2.05, 4.69) is 26.4 Å². The van der Waals surface area contributed by atoms with Gasteiger partial charge in [0.25, 0.3) is 0 Å². The number of piperazine rings is 1. The zero-order valence-electron chi connectivity index (χ0n) is 25.2. The summed E-state index contributed by atoms with van der Waals surface area (Å²) >= 11 is 6.54. The van der Waals surface area contributed by atoms with Gasteiger partial charge < -0.3 is 24.4 Å². The molecule has 12 heteroatoms.